The van der Waals surface area contributed by atoms with E-state index in [0.717, 1.165) is 27.9 Å². The van der Waals surface area contributed by atoms with E-state index in [0.29, 0.717) is 11.3 Å². The lowest BCUT2D eigenvalue weighted by atomic mass is 10.0. The van der Waals surface area contributed by atoms with Gasteiger partial charge in [0.25, 0.3) is 5.91 Å². The number of hydrogen-bond acceptors (Lipinski definition) is 3. The molecular formula is C26H27N3O4. The number of anilines is 2. The fourth-order valence-corrected chi connectivity index (χ4v) is 3.21. The molecule has 3 aromatic carbocycles. The van der Waals surface area contributed by atoms with E-state index in [1.165, 1.54) is 18.9 Å². The Hall–Kier alpha value is -4.13. The number of aryl methyl sites for hydroxylation is 2. The van der Waals surface area contributed by atoms with E-state index in [1.807, 2.05) is 44.2 Å². The van der Waals surface area contributed by atoms with Gasteiger partial charge >= 0.3 is 12.0 Å². The van der Waals surface area contributed by atoms with Crippen molar-refractivity contribution in [3.63, 3.8) is 0 Å². The molecule has 0 unspecified atom stereocenters. The number of nitrogens with one attached hydrogen (secondary N) is 2. The Kier molecular flexibility index (Phi) is 7.13. The first kappa shape index (κ1) is 23.5. The number of carbonyl (C=O) groups is 3. The first-order valence-electron chi connectivity index (χ1n) is 10.5. The quantitative estimate of drug-likeness (QED) is 0.488. The lowest BCUT2D eigenvalue weighted by molar-refractivity contribution is -0.141. The number of likely N-dealkylation sites (N-methyl/N-ethyl adjacent to an activating group) is 1. The zero-order valence-electron chi connectivity index (χ0n) is 19.0. The van der Waals surface area contributed by atoms with E-state index in [9.17, 15) is 14.4 Å². The average molecular weight is 446 g/mol. The van der Waals surface area contributed by atoms with Crippen molar-refractivity contribution in [2.24, 2.45) is 0 Å². The Labute approximate surface area is 193 Å². The SMILES string of the molecule is Cc1ccc(NC(=O)Nc2ccc(-c3ccc(C(=O)N(C)[C@@H](C)C(=O)O)cc3)cc2)cc1C. The number of rotatable bonds is 6. The van der Waals surface area contributed by atoms with Gasteiger partial charge in [-0.15, -0.1) is 0 Å². The van der Waals surface area contributed by atoms with Crippen LogP contribution in [0.5, 0.6) is 0 Å². The molecule has 0 fully saturated rings. The van der Waals surface area contributed by atoms with Crippen molar-refractivity contribution in [2.75, 3.05) is 17.7 Å². The molecule has 0 spiro atoms. The fraction of sp³-hybridized carbons (Fsp3) is 0.192. The smallest absolute Gasteiger partial charge is 0.326 e. The highest BCUT2D eigenvalue weighted by Gasteiger charge is 2.22. The van der Waals surface area contributed by atoms with Gasteiger partial charge in [0.2, 0.25) is 0 Å². The normalized spacial score (nSPS) is 11.4. The summed E-state index contributed by atoms with van der Waals surface area (Å²) in [6.07, 6.45) is 0. The van der Waals surface area contributed by atoms with Crippen LogP contribution in [0.4, 0.5) is 16.2 Å². The molecular weight excluding hydrogens is 418 g/mol. The Morgan fingerprint density at radius 3 is 1.85 bits per heavy atom. The number of urea groups is 1. The second-order valence-corrected chi connectivity index (χ2v) is 7.96. The van der Waals surface area contributed by atoms with Crippen LogP contribution in [-0.4, -0.2) is 41.0 Å². The van der Waals surface area contributed by atoms with Crippen LogP contribution in [0.1, 0.15) is 28.4 Å². The van der Waals surface area contributed by atoms with E-state index in [2.05, 4.69) is 10.6 Å². The van der Waals surface area contributed by atoms with Crippen molar-refractivity contribution in [1.82, 2.24) is 4.90 Å². The van der Waals surface area contributed by atoms with Gasteiger partial charge in [0, 0.05) is 24.0 Å². The van der Waals surface area contributed by atoms with Crippen LogP contribution in [0.15, 0.2) is 66.7 Å². The third kappa shape index (κ3) is 5.77. The first-order chi connectivity index (χ1) is 15.7. The largest absolute Gasteiger partial charge is 0.480 e. The molecule has 0 saturated heterocycles. The fourth-order valence-electron chi connectivity index (χ4n) is 3.21. The Bertz CT molecular complexity index is 1170. The van der Waals surface area contributed by atoms with Crippen LogP contribution in [-0.2, 0) is 4.79 Å². The van der Waals surface area contributed by atoms with Crippen LogP contribution in [0, 0.1) is 13.8 Å². The molecule has 0 bridgehead atoms. The summed E-state index contributed by atoms with van der Waals surface area (Å²) >= 11 is 0. The predicted molar refractivity (Wildman–Crippen MR) is 130 cm³/mol. The van der Waals surface area contributed by atoms with E-state index in [-0.39, 0.29) is 11.9 Å². The molecule has 7 nitrogen and oxygen atoms in total. The molecule has 1 atom stereocenters. The molecule has 0 aliphatic rings. The number of amides is 3. The molecule has 0 saturated carbocycles. The van der Waals surface area contributed by atoms with Gasteiger partial charge in [-0.3, -0.25) is 4.79 Å². The van der Waals surface area contributed by atoms with Crippen LogP contribution in [0.3, 0.4) is 0 Å². The van der Waals surface area contributed by atoms with Gasteiger partial charge in [-0.2, -0.15) is 0 Å². The lowest BCUT2D eigenvalue weighted by Gasteiger charge is -2.21. The van der Waals surface area contributed by atoms with E-state index in [4.69, 9.17) is 5.11 Å². The van der Waals surface area contributed by atoms with Gasteiger partial charge < -0.3 is 20.6 Å². The molecule has 3 rings (SSSR count). The molecule has 0 aromatic heterocycles. The molecule has 3 amide bonds. The van der Waals surface area contributed by atoms with Crippen molar-refractivity contribution in [2.45, 2.75) is 26.8 Å². The van der Waals surface area contributed by atoms with Crippen molar-refractivity contribution >= 4 is 29.3 Å². The summed E-state index contributed by atoms with van der Waals surface area (Å²) in [5.74, 6) is -1.41. The summed E-state index contributed by atoms with van der Waals surface area (Å²) < 4.78 is 0. The van der Waals surface area contributed by atoms with Gasteiger partial charge in [-0.1, -0.05) is 30.3 Å². The first-order valence-corrected chi connectivity index (χ1v) is 10.5. The maximum atomic E-state index is 12.5. The maximum Gasteiger partial charge on any atom is 0.326 e. The van der Waals surface area contributed by atoms with Crippen molar-refractivity contribution in [3.05, 3.63) is 83.4 Å². The summed E-state index contributed by atoms with van der Waals surface area (Å²) in [4.78, 5) is 37.1. The van der Waals surface area contributed by atoms with Crippen LogP contribution in [0.25, 0.3) is 11.1 Å². The second kappa shape index (κ2) is 9.99. The highest BCUT2D eigenvalue weighted by Crippen LogP contribution is 2.23. The topological polar surface area (TPSA) is 98.7 Å². The summed E-state index contributed by atoms with van der Waals surface area (Å²) in [5, 5.41) is 14.7. The van der Waals surface area contributed by atoms with E-state index >= 15 is 0 Å². The predicted octanol–water partition coefficient (Wildman–Crippen LogP) is 5.16. The summed E-state index contributed by atoms with van der Waals surface area (Å²) in [6.45, 7) is 5.48. The minimum absolute atomic E-state index is 0.325. The molecule has 0 heterocycles. The third-order valence-corrected chi connectivity index (χ3v) is 5.63. The molecule has 170 valence electrons. The number of nitrogens with zero attached hydrogens (tertiary/aromatic N) is 1. The Morgan fingerprint density at radius 1 is 0.788 bits per heavy atom. The summed E-state index contributed by atoms with van der Waals surface area (Å²) in [6, 6.07) is 18.8. The van der Waals surface area contributed by atoms with Crippen LogP contribution in [0.2, 0.25) is 0 Å². The molecule has 3 N–H and O–H groups in total. The van der Waals surface area contributed by atoms with Gasteiger partial charge in [0.15, 0.2) is 0 Å². The van der Waals surface area contributed by atoms with Gasteiger partial charge in [-0.25, -0.2) is 9.59 Å². The molecule has 0 radical (unpaired) electrons. The van der Waals surface area contributed by atoms with Crippen LogP contribution >= 0.6 is 0 Å². The number of hydrogen-bond donors (Lipinski definition) is 3. The standard InChI is InChI=1S/C26H27N3O4/c1-16-5-12-23(15-17(16)2)28-26(33)27-22-13-10-20(11-14-22)19-6-8-21(9-7-19)24(30)29(4)18(3)25(31)32/h5-15,18H,1-4H3,(H,31,32)(H2,27,28,33)/t18-/m0/s1. The summed E-state index contributed by atoms with van der Waals surface area (Å²) in [7, 11) is 1.47. The Morgan fingerprint density at radius 2 is 1.30 bits per heavy atom. The number of carboxylic acids is 1. The number of aliphatic carboxylic acids is 1. The highest BCUT2D eigenvalue weighted by atomic mass is 16.4. The van der Waals surface area contributed by atoms with E-state index < -0.39 is 12.0 Å². The zero-order chi connectivity index (χ0) is 24.1. The number of benzene rings is 3. The average Bonchev–Trinajstić information content (AvgIpc) is 2.80. The molecule has 7 heteroatoms. The van der Waals surface area contributed by atoms with E-state index in [1.54, 1.807) is 36.4 Å². The monoisotopic (exact) mass is 445 g/mol. The second-order valence-electron chi connectivity index (χ2n) is 7.96. The molecule has 33 heavy (non-hydrogen) atoms. The van der Waals surface area contributed by atoms with Gasteiger partial charge in [0.1, 0.15) is 6.04 Å². The van der Waals surface area contributed by atoms with Crippen molar-refractivity contribution in [1.29, 1.82) is 0 Å². The van der Waals surface area contributed by atoms with Crippen molar-refractivity contribution < 1.29 is 19.5 Å². The lowest BCUT2D eigenvalue weighted by Crippen LogP contribution is -2.40. The molecule has 0 aliphatic carbocycles. The minimum atomic E-state index is -1.06. The third-order valence-electron chi connectivity index (χ3n) is 5.63. The zero-order valence-corrected chi connectivity index (χ0v) is 19.0. The maximum absolute atomic E-state index is 12.5. The molecule has 3 aromatic rings. The van der Waals surface area contributed by atoms with Gasteiger partial charge in [-0.05, 0) is 79.4 Å². The summed E-state index contributed by atoms with van der Waals surface area (Å²) in [5.41, 5.74) is 5.87. The van der Waals surface area contributed by atoms with Gasteiger partial charge in [0.05, 0.1) is 0 Å². The van der Waals surface area contributed by atoms with Crippen LogP contribution < -0.4 is 10.6 Å². The highest BCUT2D eigenvalue weighted by molar-refractivity contribution is 6.00. The number of carbonyl (C=O) groups excluding carboxylic acids is 2. The van der Waals surface area contributed by atoms with Crippen molar-refractivity contribution in [3.8, 4) is 11.1 Å². The Balaban J connectivity index is 1.63. The number of carboxylic acid groups (broad SMARTS) is 1. The molecule has 0 aliphatic heterocycles. The minimum Gasteiger partial charge on any atom is -0.480 e.